The summed E-state index contributed by atoms with van der Waals surface area (Å²) in [5.74, 6) is -0.219. The van der Waals surface area contributed by atoms with Gasteiger partial charge in [0.15, 0.2) is 0 Å². The maximum atomic E-state index is 13.0. The van der Waals surface area contributed by atoms with Crippen molar-refractivity contribution in [1.82, 2.24) is 23.6 Å². The van der Waals surface area contributed by atoms with Gasteiger partial charge in [0, 0.05) is 65.6 Å². The van der Waals surface area contributed by atoms with Crippen molar-refractivity contribution in [1.29, 1.82) is 0 Å². The van der Waals surface area contributed by atoms with E-state index in [0.717, 1.165) is 0 Å². The van der Waals surface area contributed by atoms with Gasteiger partial charge in [0.25, 0.3) is 5.91 Å². The van der Waals surface area contributed by atoms with Gasteiger partial charge in [-0.05, 0) is 19.9 Å². The van der Waals surface area contributed by atoms with E-state index in [1.165, 1.54) is 16.6 Å². The minimum absolute atomic E-state index is 0.00596. The minimum Gasteiger partial charge on any atom is -0.345 e. The Kier molecular flexibility index (Phi) is 7.70. The number of urea groups is 1. The number of hydrogen-bond acceptors (Lipinski definition) is 4. The summed E-state index contributed by atoms with van der Waals surface area (Å²) >= 11 is 0. The van der Waals surface area contributed by atoms with Crippen LogP contribution in [0.3, 0.4) is 0 Å². The Hall–Kier alpha value is -2.07. The molecule has 1 aromatic heterocycles. The lowest BCUT2D eigenvalue weighted by molar-refractivity contribution is 0.0632. The van der Waals surface area contributed by atoms with Gasteiger partial charge in [0.1, 0.15) is 10.6 Å². The van der Waals surface area contributed by atoms with Crippen molar-refractivity contribution < 1.29 is 18.0 Å². The SMILES string of the molecule is CCN(CC)C(=O)N1CCN(C(=O)c2cc(S(=O)(=O)N(CC)CC)cn2C)CC1. The lowest BCUT2D eigenvalue weighted by Crippen LogP contribution is -2.54. The summed E-state index contributed by atoms with van der Waals surface area (Å²) in [5, 5.41) is 0. The van der Waals surface area contributed by atoms with Gasteiger partial charge in [-0.25, -0.2) is 13.2 Å². The maximum absolute atomic E-state index is 13.0. The van der Waals surface area contributed by atoms with Crippen LogP contribution in [0.5, 0.6) is 0 Å². The second-order valence-electron chi connectivity index (χ2n) is 7.00. The number of piperazine rings is 1. The number of sulfonamides is 1. The van der Waals surface area contributed by atoms with E-state index in [4.69, 9.17) is 0 Å². The molecule has 0 saturated carbocycles. The van der Waals surface area contributed by atoms with Crippen molar-refractivity contribution >= 4 is 22.0 Å². The average Bonchev–Trinajstić information content (AvgIpc) is 3.11. The molecule has 1 saturated heterocycles. The first-order valence-corrected chi connectivity index (χ1v) is 11.6. The standard InChI is InChI=1S/C19H33N5O4S/c1-6-21(7-2)19(26)23-12-10-22(11-13-23)18(25)17-14-16(15-20(17)5)29(27,28)24(8-3)9-4/h14-15H,6-13H2,1-5H3. The molecule has 29 heavy (non-hydrogen) atoms. The van der Waals surface area contributed by atoms with E-state index in [1.54, 1.807) is 40.2 Å². The fourth-order valence-electron chi connectivity index (χ4n) is 3.56. The van der Waals surface area contributed by atoms with Crippen molar-refractivity contribution in [3.05, 3.63) is 18.0 Å². The smallest absolute Gasteiger partial charge is 0.320 e. The van der Waals surface area contributed by atoms with E-state index in [-0.39, 0.29) is 16.8 Å². The molecular weight excluding hydrogens is 394 g/mol. The van der Waals surface area contributed by atoms with Crippen LogP contribution in [0.4, 0.5) is 4.79 Å². The molecule has 0 radical (unpaired) electrons. The van der Waals surface area contributed by atoms with Crippen LogP contribution in [-0.4, -0.2) is 96.3 Å². The molecule has 0 atom stereocenters. The van der Waals surface area contributed by atoms with Crippen LogP contribution in [0, 0.1) is 0 Å². The fourth-order valence-corrected chi connectivity index (χ4v) is 5.09. The Bertz CT molecular complexity index is 820. The van der Waals surface area contributed by atoms with Crippen molar-refractivity contribution in [2.24, 2.45) is 7.05 Å². The Balaban J connectivity index is 2.11. The van der Waals surface area contributed by atoms with Crippen LogP contribution in [0.1, 0.15) is 38.2 Å². The summed E-state index contributed by atoms with van der Waals surface area (Å²) < 4.78 is 28.4. The zero-order chi connectivity index (χ0) is 21.8. The van der Waals surface area contributed by atoms with E-state index >= 15 is 0 Å². The van der Waals surface area contributed by atoms with Gasteiger partial charge in [-0.1, -0.05) is 13.8 Å². The van der Waals surface area contributed by atoms with E-state index in [0.29, 0.717) is 58.1 Å². The van der Waals surface area contributed by atoms with Crippen LogP contribution in [-0.2, 0) is 17.1 Å². The summed E-state index contributed by atoms with van der Waals surface area (Å²) in [4.78, 5) is 30.8. The Morgan fingerprint density at radius 2 is 1.45 bits per heavy atom. The van der Waals surface area contributed by atoms with Crippen LogP contribution >= 0.6 is 0 Å². The van der Waals surface area contributed by atoms with E-state index < -0.39 is 10.0 Å². The average molecular weight is 428 g/mol. The highest BCUT2D eigenvalue weighted by Crippen LogP contribution is 2.20. The third kappa shape index (κ3) is 4.75. The third-order valence-corrected chi connectivity index (χ3v) is 7.43. The van der Waals surface area contributed by atoms with Crippen molar-refractivity contribution in [2.75, 3.05) is 52.4 Å². The van der Waals surface area contributed by atoms with Crippen LogP contribution < -0.4 is 0 Å². The Labute approximate surface area is 173 Å². The summed E-state index contributed by atoms with van der Waals surface area (Å²) in [6.07, 6.45) is 1.49. The number of rotatable bonds is 7. The minimum atomic E-state index is -3.62. The number of hydrogen-bond donors (Lipinski definition) is 0. The van der Waals surface area contributed by atoms with Crippen molar-refractivity contribution in [2.45, 2.75) is 32.6 Å². The number of aryl methyl sites for hydroxylation is 1. The number of aromatic nitrogens is 1. The second-order valence-corrected chi connectivity index (χ2v) is 8.93. The molecule has 0 bridgehead atoms. The molecule has 0 N–H and O–H groups in total. The summed E-state index contributed by atoms with van der Waals surface area (Å²) in [5.41, 5.74) is 0.333. The van der Waals surface area contributed by atoms with Gasteiger partial charge >= 0.3 is 6.03 Å². The van der Waals surface area contributed by atoms with Crippen LogP contribution in [0.15, 0.2) is 17.2 Å². The molecule has 1 aliphatic rings. The molecule has 9 nitrogen and oxygen atoms in total. The molecule has 0 spiro atoms. The predicted octanol–water partition coefficient (Wildman–Crippen LogP) is 1.28. The molecule has 1 aromatic rings. The Morgan fingerprint density at radius 3 is 1.93 bits per heavy atom. The first-order chi connectivity index (χ1) is 13.7. The van der Waals surface area contributed by atoms with Gasteiger partial charge < -0.3 is 19.3 Å². The first kappa shape index (κ1) is 23.2. The zero-order valence-corrected chi connectivity index (χ0v) is 18.9. The second kappa shape index (κ2) is 9.62. The fraction of sp³-hybridized carbons (Fsp3) is 0.684. The predicted molar refractivity (Wildman–Crippen MR) is 111 cm³/mol. The molecule has 3 amide bonds. The molecule has 10 heteroatoms. The number of amides is 3. The molecule has 0 aliphatic carbocycles. The Morgan fingerprint density at radius 1 is 0.931 bits per heavy atom. The monoisotopic (exact) mass is 427 g/mol. The molecule has 2 rings (SSSR count). The van der Waals surface area contributed by atoms with E-state index in [9.17, 15) is 18.0 Å². The summed E-state index contributed by atoms with van der Waals surface area (Å²) in [7, 11) is -1.94. The molecule has 1 fully saturated rings. The van der Waals surface area contributed by atoms with E-state index in [2.05, 4.69) is 0 Å². The molecule has 2 heterocycles. The topological polar surface area (TPSA) is 86.2 Å². The maximum Gasteiger partial charge on any atom is 0.320 e. The van der Waals surface area contributed by atoms with Gasteiger partial charge in [0.05, 0.1) is 0 Å². The number of nitrogens with zero attached hydrogens (tertiary/aromatic N) is 5. The number of carbonyl (C=O) groups excluding carboxylic acids is 2. The zero-order valence-electron chi connectivity index (χ0n) is 18.1. The van der Waals surface area contributed by atoms with E-state index in [1.807, 2.05) is 13.8 Å². The van der Waals surface area contributed by atoms with Crippen molar-refractivity contribution in [3.8, 4) is 0 Å². The largest absolute Gasteiger partial charge is 0.345 e. The molecular formula is C19H33N5O4S. The third-order valence-electron chi connectivity index (χ3n) is 5.41. The highest BCUT2D eigenvalue weighted by Gasteiger charge is 2.30. The quantitative estimate of drug-likeness (QED) is 0.656. The molecule has 164 valence electrons. The van der Waals surface area contributed by atoms with Gasteiger partial charge in [-0.2, -0.15) is 4.31 Å². The highest BCUT2D eigenvalue weighted by atomic mass is 32.2. The summed E-state index contributed by atoms with van der Waals surface area (Å²) in [6, 6.07) is 1.44. The van der Waals surface area contributed by atoms with Gasteiger partial charge in [-0.15, -0.1) is 0 Å². The van der Waals surface area contributed by atoms with Crippen molar-refractivity contribution in [3.63, 3.8) is 0 Å². The highest BCUT2D eigenvalue weighted by molar-refractivity contribution is 7.89. The lowest BCUT2D eigenvalue weighted by atomic mass is 10.3. The number of carbonyl (C=O) groups is 2. The lowest BCUT2D eigenvalue weighted by Gasteiger charge is -2.37. The summed E-state index contributed by atoms with van der Waals surface area (Å²) in [6.45, 7) is 11.3. The molecule has 0 unspecified atom stereocenters. The van der Waals surface area contributed by atoms with Gasteiger partial charge in [-0.3, -0.25) is 4.79 Å². The normalized spacial score (nSPS) is 15.1. The van der Waals surface area contributed by atoms with Gasteiger partial charge in [0.2, 0.25) is 10.0 Å². The van der Waals surface area contributed by atoms with Crippen LogP contribution in [0.25, 0.3) is 0 Å². The van der Waals surface area contributed by atoms with Crippen LogP contribution in [0.2, 0.25) is 0 Å². The molecule has 1 aliphatic heterocycles. The molecule has 0 aromatic carbocycles. The first-order valence-electron chi connectivity index (χ1n) is 10.2.